The molecule has 8 heteroatoms. The minimum absolute atomic E-state index is 0.0833. The van der Waals surface area contributed by atoms with Crippen LogP contribution in [0.4, 0.5) is 5.69 Å². The van der Waals surface area contributed by atoms with Gasteiger partial charge in [-0.25, -0.2) is 13.1 Å². The molecule has 0 atom stereocenters. The van der Waals surface area contributed by atoms with Crippen molar-refractivity contribution in [3.05, 3.63) is 28.2 Å². The average molecular weight is 325 g/mol. The van der Waals surface area contributed by atoms with Crippen LogP contribution in [0.5, 0.6) is 0 Å². The third kappa shape index (κ3) is 4.99. The van der Waals surface area contributed by atoms with E-state index in [0.29, 0.717) is 15.7 Å². The molecule has 1 N–H and O–H groups in total. The topological polar surface area (TPSA) is 66.5 Å². The second-order valence-electron chi connectivity index (χ2n) is 3.91. The van der Waals surface area contributed by atoms with Gasteiger partial charge in [0.25, 0.3) is 0 Å². The van der Waals surface area contributed by atoms with Gasteiger partial charge in [-0.15, -0.1) is 0 Å². The monoisotopic (exact) mass is 324 g/mol. The maximum absolute atomic E-state index is 11.6. The van der Waals surface area contributed by atoms with Gasteiger partial charge in [-0.05, 0) is 12.1 Å². The number of hydrogen-bond donors (Lipinski definition) is 1. The first kappa shape index (κ1) is 16.2. The molecule has 1 aromatic rings. The Bertz CT molecular complexity index is 555. The molecule has 1 aromatic carbocycles. The van der Waals surface area contributed by atoms with Crippen LogP contribution in [0.1, 0.15) is 6.92 Å². The molecule has 0 spiro atoms. The van der Waals surface area contributed by atoms with Crippen molar-refractivity contribution in [2.45, 2.75) is 6.92 Å². The molecule has 1 amide bonds. The first-order chi connectivity index (χ1) is 8.72. The minimum atomic E-state index is -3.30. The van der Waals surface area contributed by atoms with E-state index < -0.39 is 10.0 Å². The fraction of sp³-hybridized carbons (Fsp3) is 0.364. The molecular weight excluding hydrogens is 311 g/mol. The zero-order valence-electron chi connectivity index (χ0n) is 10.5. The number of carbonyl (C=O) groups excluding carboxylic acids is 1. The minimum Gasteiger partial charge on any atom is -0.309 e. The predicted molar refractivity (Wildman–Crippen MR) is 77.3 cm³/mol. The smallest absolute Gasteiger partial charge is 0.223 e. The van der Waals surface area contributed by atoms with Gasteiger partial charge < -0.3 is 4.90 Å². The molecule has 0 aromatic heterocycles. The molecule has 1 rings (SSSR count). The van der Waals surface area contributed by atoms with Gasteiger partial charge in [-0.1, -0.05) is 29.3 Å². The SMILES string of the molecule is CC(=O)N(CCNS(C)(=O)=O)c1c(Cl)cccc1Cl. The average Bonchev–Trinajstić information content (AvgIpc) is 2.24. The normalized spacial score (nSPS) is 11.4. The Morgan fingerprint density at radius 1 is 1.32 bits per heavy atom. The Labute approximate surface area is 122 Å². The number of nitrogens with zero attached hydrogens (tertiary/aromatic N) is 1. The zero-order chi connectivity index (χ0) is 14.6. The molecule has 5 nitrogen and oxygen atoms in total. The van der Waals surface area contributed by atoms with Crippen LogP contribution in [0.3, 0.4) is 0 Å². The summed E-state index contributed by atoms with van der Waals surface area (Å²) < 4.78 is 24.3. The van der Waals surface area contributed by atoms with Crippen LogP contribution in [-0.4, -0.2) is 33.7 Å². The van der Waals surface area contributed by atoms with Crippen LogP contribution >= 0.6 is 23.2 Å². The molecule has 0 fully saturated rings. The summed E-state index contributed by atoms with van der Waals surface area (Å²) in [6.45, 7) is 1.59. The lowest BCUT2D eigenvalue weighted by atomic mass is 10.2. The molecule has 0 saturated carbocycles. The largest absolute Gasteiger partial charge is 0.309 e. The number of para-hydroxylation sites is 1. The van der Waals surface area contributed by atoms with E-state index in [9.17, 15) is 13.2 Å². The Kier molecular flexibility index (Phi) is 5.61. The van der Waals surface area contributed by atoms with Crippen LogP contribution in [0.25, 0.3) is 0 Å². The Morgan fingerprint density at radius 3 is 2.26 bits per heavy atom. The summed E-state index contributed by atoms with van der Waals surface area (Å²) >= 11 is 12.0. The van der Waals surface area contributed by atoms with E-state index >= 15 is 0 Å². The molecule has 0 unspecified atom stereocenters. The molecule has 0 aliphatic heterocycles. The number of amides is 1. The number of sulfonamides is 1. The van der Waals surface area contributed by atoms with Crippen molar-refractivity contribution in [3.8, 4) is 0 Å². The van der Waals surface area contributed by atoms with Crippen LogP contribution in [0.2, 0.25) is 10.0 Å². The number of rotatable bonds is 5. The number of carbonyl (C=O) groups is 1. The van der Waals surface area contributed by atoms with E-state index in [2.05, 4.69) is 4.72 Å². The lowest BCUT2D eigenvalue weighted by Crippen LogP contribution is -2.37. The summed E-state index contributed by atoms with van der Waals surface area (Å²) in [4.78, 5) is 13.0. The highest BCUT2D eigenvalue weighted by molar-refractivity contribution is 7.88. The molecule has 106 valence electrons. The zero-order valence-corrected chi connectivity index (χ0v) is 12.8. The van der Waals surface area contributed by atoms with Gasteiger partial charge >= 0.3 is 0 Å². The van der Waals surface area contributed by atoms with Crippen molar-refractivity contribution in [1.82, 2.24) is 4.72 Å². The van der Waals surface area contributed by atoms with Gasteiger partial charge in [-0.2, -0.15) is 0 Å². The molecule has 0 heterocycles. The molecule has 0 radical (unpaired) electrons. The maximum atomic E-state index is 11.6. The quantitative estimate of drug-likeness (QED) is 0.899. The van der Waals surface area contributed by atoms with Gasteiger partial charge in [0.05, 0.1) is 22.0 Å². The fourth-order valence-electron chi connectivity index (χ4n) is 1.52. The van der Waals surface area contributed by atoms with Gasteiger partial charge in [0.15, 0.2) is 0 Å². The van der Waals surface area contributed by atoms with Crippen molar-refractivity contribution >= 4 is 44.8 Å². The van der Waals surface area contributed by atoms with E-state index in [1.165, 1.54) is 11.8 Å². The summed E-state index contributed by atoms with van der Waals surface area (Å²) in [7, 11) is -3.30. The predicted octanol–water partition coefficient (Wildman–Crippen LogP) is 1.90. The third-order valence-corrected chi connectivity index (χ3v) is 3.63. The van der Waals surface area contributed by atoms with Crippen LogP contribution in [-0.2, 0) is 14.8 Å². The highest BCUT2D eigenvalue weighted by Crippen LogP contribution is 2.33. The van der Waals surface area contributed by atoms with Crippen LogP contribution in [0, 0.1) is 0 Å². The Morgan fingerprint density at radius 2 is 1.84 bits per heavy atom. The second-order valence-corrected chi connectivity index (χ2v) is 6.55. The van der Waals surface area contributed by atoms with Crippen molar-refractivity contribution in [1.29, 1.82) is 0 Å². The van der Waals surface area contributed by atoms with Crippen molar-refractivity contribution in [3.63, 3.8) is 0 Å². The fourth-order valence-corrected chi connectivity index (χ4v) is 2.58. The first-order valence-electron chi connectivity index (χ1n) is 5.39. The van der Waals surface area contributed by atoms with Crippen molar-refractivity contribution in [2.75, 3.05) is 24.2 Å². The van der Waals surface area contributed by atoms with Gasteiger partial charge in [0.2, 0.25) is 15.9 Å². The molecule has 0 aliphatic carbocycles. The van der Waals surface area contributed by atoms with Crippen LogP contribution < -0.4 is 9.62 Å². The van der Waals surface area contributed by atoms with Gasteiger partial charge in [-0.3, -0.25) is 4.79 Å². The number of hydrogen-bond acceptors (Lipinski definition) is 3. The number of halogens is 2. The molecule has 19 heavy (non-hydrogen) atoms. The van der Waals surface area contributed by atoms with E-state index in [1.54, 1.807) is 18.2 Å². The molecule has 0 aliphatic rings. The van der Waals surface area contributed by atoms with Gasteiger partial charge in [0.1, 0.15) is 0 Å². The van der Waals surface area contributed by atoms with E-state index in [4.69, 9.17) is 23.2 Å². The maximum Gasteiger partial charge on any atom is 0.223 e. The molecule has 0 bridgehead atoms. The van der Waals surface area contributed by atoms with E-state index in [1.807, 2.05) is 0 Å². The first-order valence-corrected chi connectivity index (χ1v) is 8.04. The summed E-state index contributed by atoms with van der Waals surface area (Å²) in [5.74, 6) is -0.273. The lowest BCUT2D eigenvalue weighted by Gasteiger charge is -2.23. The number of nitrogens with one attached hydrogen (secondary N) is 1. The van der Waals surface area contributed by atoms with Gasteiger partial charge in [0, 0.05) is 20.0 Å². The standard InChI is InChI=1S/C11H14Cl2N2O3S/c1-8(16)15(7-6-14-19(2,17)18)11-9(12)4-3-5-10(11)13/h3-5,14H,6-7H2,1-2H3. The summed E-state index contributed by atoms with van der Waals surface area (Å²) in [5.41, 5.74) is 0.383. The van der Waals surface area contributed by atoms with Crippen molar-refractivity contribution in [2.24, 2.45) is 0 Å². The summed E-state index contributed by atoms with van der Waals surface area (Å²) in [6.07, 6.45) is 1.05. The second kappa shape index (κ2) is 6.56. The third-order valence-electron chi connectivity index (χ3n) is 2.29. The highest BCUT2D eigenvalue weighted by Gasteiger charge is 2.18. The van der Waals surface area contributed by atoms with E-state index in [-0.39, 0.29) is 19.0 Å². The lowest BCUT2D eigenvalue weighted by molar-refractivity contribution is -0.116. The highest BCUT2D eigenvalue weighted by atomic mass is 35.5. The molecular formula is C11H14Cl2N2O3S. The van der Waals surface area contributed by atoms with E-state index in [0.717, 1.165) is 6.26 Å². The number of benzene rings is 1. The summed E-state index contributed by atoms with van der Waals surface area (Å²) in [5, 5.41) is 0.670. The summed E-state index contributed by atoms with van der Waals surface area (Å²) in [6, 6.07) is 4.90. The van der Waals surface area contributed by atoms with Crippen LogP contribution in [0.15, 0.2) is 18.2 Å². The molecule has 0 saturated heterocycles. The van der Waals surface area contributed by atoms with Crippen molar-refractivity contribution < 1.29 is 13.2 Å². The Balaban J connectivity index is 2.93. The Hall–Kier alpha value is -0.820. The number of anilines is 1.